The standard InChI is InChI=1S/C19H20Cl2N2O/c1-23(2)13-15-8-6-14(7-9-15)12-22-19(24)11-10-16-17(20)4-3-5-18(16)21/h3-11H,12-13H2,1-2H3,(H,22,24)/p+1/b11-10+. The normalized spacial score (nSPS) is 11.2. The minimum atomic E-state index is -0.187. The number of benzene rings is 2. The van der Waals surface area contributed by atoms with Crippen molar-refractivity contribution in [2.75, 3.05) is 14.1 Å². The summed E-state index contributed by atoms with van der Waals surface area (Å²) in [5.41, 5.74) is 2.98. The van der Waals surface area contributed by atoms with Crippen molar-refractivity contribution in [1.82, 2.24) is 5.32 Å². The number of halogens is 2. The fourth-order valence-electron chi connectivity index (χ4n) is 2.26. The molecule has 0 saturated heterocycles. The van der Waals surface area contributed by atoms with Crippen LogP contribution in [-0.4, -0.2) is 20.0 Å². The van der Waals surface area contributed by atoms with Crippen LogP contribution in [-0.2, 0) is 17.9 Å². The zero-order valence-corrected chi connectivity index (χ0v) is 15.3. The lowest BCUT2D eigenvalue weighted by Gasteiger charge is -2.08. The van der Waals surface area contributed by atoms with Crippen LogP contribution in [0.1, 0.15) is 16.7 Å². The van der Waals surface area contributed by atoms with E-state index in [4.69, 9.17) is 23.2 Å². The van der Waals surface area contributed by atoms with Crippen LogP contribution in [0, 0.1) is 0 Å². The summed E-state index contributed by atoms with van der Waals surface area (Å²) in [4.78, 5) is 13.3. The summed E-state index contributed by atoms with van der Waals surface area (Å²) in [7, 11) is 4.23. The molecule has 2 aromatic carbocycles. The minimum Gasteiger partial charge on any atom is -0.348 e. The van der Waals surface area contributed by atoms with E-state index in [0.717, 1.165) is 12.1 Å². The monoisotopic (exact) mass is 363 g/mol. The fraction of sp³-hybridized carbons (Fsp3) is 0.211. The molecule has 0 radical (unpaired) electrons. The van der Waals surface area contributed by atoms with Gasteiger partial charge in [-0.3, -0.25) is 4.79 Å². The van der Waals surface area contributed by atoms with Crippen LogP contribution in [0.3, 0.4) is 0 Å². The molecule has 0 saturated carbocycles. The lowest BCUT2D eigenvalue weighted by atomic mass is 10.1. The number of hydrogen-bond acceptors (Lipinski definition) is 1. The highest BCUT2D eigenvalue weighted by Crippen LogP contribution is 2.25. The van der Waals surface area contributed by atoms with Gasteiger partial charge in [0.1, 0.15) is 6.54 Å². The van der Waals surface area contributed by atoms with Gasteiger partial charge < -0.3 is 10.2 Å². The molecule has 0 aliphatic rings. The summed E-state index contributed by atoms with van der Waals surface area (Å²) in [5.74, 6) is -0.187. The van der Waals surface area contributed by atoms with Crippen LogP contribution >= 0.6 is 23.2 Å². The van der Waals surface area contributed by atoms with Gasteiger partial charge in [-0.25, -0.2) is 0 Å². The van der Waals surface area contributed by atoms with E-state index in [1.807, 2.05) is 12.1 Å². The molecule has 24 heavy (non-hydrogen) atoms. The molecule has 0 heterocycles. The molecule has 2 N–H and O–H groups in total. The molecule has 0 spiro atoms. The highest BCUT2D eigenvalue weighted by atomic mass is 35.5. The van der Waals surface area contributed by atoms with Crippen LogP contribution in [0.4, 0.5) is 0 Å². The fourth-order valence-corrected chi connectivity index (χ4v) is 2.78. The number of amides is 1. The Kier molecular flexibility index (Phi) is 6.85. The van der Waals surface area contributed by atoms with Crippen LogP contribution in [0.25, 0.3) is 6.08 Å². The van der Waals surface area contributed by atoms with Crippen molar-refractivity contribution in [2.24, 2.45) is 0 Å². The average Bonchev–Trinajstić information content (AvgIpc) is 2.53. The van der Waals surface area contributed by atoms with Gasteiger partial charge in [0.2, 0.25) is 5.91 Å². The maximum Gasteiger partial charge on any atom is 0.244 e. The van der Waals surface area contributed by atoms with E-state index in [1.165, 1.54) is 16.5 Å². The van der Waals surface area contributed by atoms with Gasteiger partial charge in [0.05, 0.1) is 14.1 Å². The minimum absolute atomic E-state index is 0.187. The number of quaternary nitrogens is 1. The van der Waals surface area contributed by atoms with Gasteiger partial charge in [-0.2, -0.15) is 0 Å². The highest BCUT2D eigenvalue weighted by molar-refractivity contribution is 6.37. The summed E-state index contributed by atoms with van der Waals surface area (Å²) in [5, 5.41) is 3.89. The van der Waals surface area contributed by atoms with Gasteiger partial charge in [-0.15, -0.1) is 0 Å². The van der Waals surface area contributed by atoms with Crippen molar-refractivity contribution < 1.29 is 9.69 Å². The number of hydrogen-bond donors (Lipinski definition) is 2. The Morgan fingerprint density at radius 2 is 1.62 bits per heavy atom. The van der Waals surface area contributed by atoms with E-state index in [0.29, 0.717) is 22.2 Å². The van der Waals surface area contributed by atoms with Crippen molar-refractivity contribution >= 4 is 35.2 Å². The maximum absolute atomic E-state index is 11.9. The lowest BCUT2D eigenvalue weighted by molar-refractivity contribution is -0.872. The molecule has 126 valence electrons. The number of rotatable bonds is 6. The summed E-state index contributed by atoms with van der Waals surface area (Å²) in [6.45, 7) is 1.46. The second-order valence-electron chi connectivity index (χ2n) is 5.89. The summed E-state index contributed by atoms with van der Waals surface area (Å²) >= 11 is 12.1. The first-order valence-electron chi connectivity index (χ1n) is 7.72. The summed E-state index contributed by atoms with van der Waals surface area (Å²) < 4.78 is 0. The zero-order valence-electron chi connectivity index (χ0n) is 13.8. The topological polar surface area (TPSA) is 33.5 Å². The quantitative estimate of drug-likeness (QED) is 0.760. The Labute approximate surface area is 152 Å². The van der Waals surface area contributed by atoms with Crippen molar-refractivity contribution in [3.05, 3.63) is 75.3 Å². The number of nitrogens with one attached hydrogen (secondary N) is 2. The molecule has 2 aromatic rings. The third-order valence-electron chi connectivity index (χ3n) is 3.45. The molecule has 2 rings (SSSR count). The van der Waals surface area contributed by atoms with Gasteiger partial charge >= 0.3 is 0 Å². The van der Waals surface area contributed by atoms with E-state index in [1.54, 1.807) is 24.3 Å². The van der Waals surface area contributed by atoms with E-state index >= 15 is 0 Å². The Morgan fingerprint density at radius 3 is 2.21 bits per heavy atom. The first kappa shape index (κ1) is 18.5. The Morgan fingerprint density at radius 1 is 1.04 bits per heavy atom. The molecule has 0 atom stereocenters. The molecule has 0 fully saturated rings. The Bertz CT molecular complexity index is 704. The number of carbonyl (C=O) groups excluding carboxylic acids is 1. The molecule has 5 heteroatoms. The molecule has 3 nitrogen and oxygen atoms in total. The SMILES string of the molecule is C[NH+](C)Cc1ccc(CNC(=O)/C=C/c2c(Cl)cccc2Cl)cc1. The highest BCUT2D eigenvalue weighted by Gasteiger charge is 2.03. The van der Waals surface area contributed by atoms with E-state index in [9.17, 15) is 4.79 Å². The van der Waals surface area contributed by atoms with E-state index in [-0.39, 0.29) is 5.91 Å². The molecule has 0 aromatic heterocycles. The van der Waals surface area contributed by atoms with Gasteiger partial charge in [-0.05, 0) is 23.8 Å². The molecule has 1 amide bonds. The predicted octanol–water partition coefficient (Wildman–Crippen LogP) is 2.97. The molecular formula is C19H21Cl2N2O+. The predicted molar refractivity (Wildman–Crippen MR) is 100 cm³/mol. The average molecular weight is 364 g/mol. The third-order valence-corrected chi connectivity index (χ3v) is 4.11. The molecule has 0 aliphatic heterocycles. The molecule has 0 aliphatic carbocycles. The summed E-state index contributed by atoms with van der Waals surface area (Å²) in [6, 6.07) is 13.5. The second kappa shape index (κ2) is 8.88. The van der Waals surface area contributed by atoms with Crippen molar-refractivity contribution in [3.63, 3.8) is 0 Å². The van der Waals surface area contributed by atoms with Crippen LogP contribution < -0.4 is 10.2 Å². The van der Waals surface area contributed by atoms with Crippen LogP contribution in [0.15, 0.2) is 48.5 Å². The smallest absolute Gasteiger partial charge is 0.244 e. The van der Waals surface area contributed by atoms with E-state index < -0.39 is 0 Å². The van der Waals surface area contributed by atoms with Gasteiger partial charge in [0, 0.05) is 33.8 Å². The van der Waals surface area contributed by atoms with Crippen molar-refractivity contribution in [2.45, 2.75) is 13.1 Å². The maximum atomic E-state index is 11.9. The largest absolute Gasteiger partial charge is 0.348 e. The van der Waals surface area contributed by atoms with Crippen molar-refractivity contribution in [3.8, 4) is 0 Å². The zero-order chi connectivity index (χ0) is 17.5. The van der Waals surface area contributed by atoms with Gasteiger partial charge in [0.15, 0.2) is 0 Å². The molecule has 0 unspecified atom stereocenters. The van der Waals surface area contributed by atoms with Gasteiger partial charge in [-0.1, -0.05) is 53.5 Å². The van der Waals surface area contributed by atoms with Crippen LogP contribution in [0.5, 0.6) is 0 Å². The first-order chi connectivity index (χ1) is 11.5. The van der Waals surface area contributed by atoms with E-state index in [2.05, 4.69) is 31.5 Å². The number of carbonyl (C=O) groups is 1. The molecular weight excluding hydrogens is 343 g/mol. The van der Waals surface area contributed by atoms with Crippen molar-refractivity contribution in [1.29, 1.82) is 0 Å². The lowest BCUT2D eigenvalue weighted by Crippen LogP contribution is -3.04. The Hall–Kier alpha value is -1.81. The van der Waals surface area contributed by atoms with Crippen LogP contribution in [0.2, 0.25) is 10.0 Å². The molecule has 0 bridgehead atoms. The second-order valence-corrected chi connectivity index (χ2v) is 6.70. The van der Waals surface area contributed by atoms with Gasteiger partial charge in [0.25, 0.3) is 0 Å². The first-order valence-corrected chi connectivity index (χ1v) is 8.48. The third kappa shape index (κ3) is 5.68. The summed E-state index contributed by atoms with van der Waals surface area (Å²) in [6.07, 6.45) is 3.07. The Balaban J connectivity index is 1.90.